The quantitative estimate of drug-likeness (QED) is 0.771. The third-order valence-electron chi connectivity index (χ3n) is 3.41. The fourth-order valence-electron chi connectivity index (χ4n) is 2.11. The molecule has 0 fully saturated rings. The fourth-order valence-corrected chi connectivity index (χ4v) is 2.11. The summed E-state index contributed by atoms with van der Waals surface area (Å²) in [6.07, 6.45) is 0. The number of ether oxygens (including phenoxy) is 1. The zero-order chi connectivity index (χ0) is 16.7. The van der Waals surface area contributed by atoms with Crippen molar-refractivity contribution in [2.45, 2.75) is 13.5 Å². The van der Waals surface area contributed by atoms with E-state index in [0.29, 0.717) is 12.1 Å². The van der Waals surface area contributed by atoms with Crippen molar-refractivity contribution in [2.24, 2.45) is 0 Å². The number of Topliss-reactive ketones (excluding diaryl/α,β-unsaturated/α-hetero) is 1. The summed E-state index contributed by atoms with van der Waals surface area (Å²) < 4.78 is 5.24. The monoisotopic (exact) mass is 312 g/mol. The zero-order valence-electron chi connectivity index (χ0n) is 13.3. The topological polar surface area (TPSA) is 67.4 Å². The summed E-state index contributed by atoms with van der Waals surface area (Å²) in [6.45, 7) is 2.09. The standard InChI is InChI=1S/C18H20N2O3/c1-13(21)14-7-9-16(10-8-14)19-12-18(22)20-11-15-5-3-4-6-17(15)23-2/h3-10,19H,11-12H2,1-2H3,(H,20,22). The van der Waals surface area contributed by atoms with Gasteiger partial charge in [0, 0.05) is 23.4 Å². The SMILES string of the molecule is COc1ccccc1CNC(=O)CNc1ccc(C(C)=O)cc1. The van der Waals surface area contributed by atoms with Gasteiger partial charge in [0.15, 0.2) is 5.78 Å². The molecule has 2 aromatic carbocycles. The van der Waals surface area contributed by atoms with Gasteiger partial charge in [-0.1, -0.05) is 18.2 Å². The lowest BCUT2D eigenvalue weighted by atomic mass is 10.1. The summed E-state index contributed by atoms with van der Waals surface area (Å²) in [5.41, 5.74) is 2.37. The number of amides is 1. The second-order valence-electron chi connectivity index (χ2n) is 5.08. The maximum atomic E-state index is 11.9. The molecule has 120 valence electrons. The highest BCUT2D eigenvalue weighted by molar-refractivity contribution is 5.94. The number of anilines is 1. The van der Waals surface area contributed by atoms with E-state index in [2.05, 4.69) is 10.6 Å². The normalized spacial score (nSPS) is 10.0. The first-order valence-corrected chi connectivity index (χ1v) is 7.33. The van der Waals surface area contributed by atoms with Crippen LogP contribution in [0.3, 0.4) is 0 Å². The van der Waals surface area contributed by atoms with Gasteiger partial charge in [-0.3, -0.25) is 9.59 Å². The Kier molecular flexibility index (Phi) is 5.74. The number of ketones is 1. The fraction of sp³-hybridized carbons (Fsp3) is 0.222. The number of methoxy groups -OCH3 is 1. The molecular weight excluding hydrogens is 292 g/mol. The van der Waals surface area contributed by atoms with Gasteiger partial charge >= 0.3 is 0 Å². The van der Waals surface area contributed by atoms with Gasteiger partial charge in [0.25, 0.3) is 0 Å². The molecular formula is C18H20N2O3. The Bertz CT molecular complexity index is 681. The molecule has 0 radical (unpaired) electrons. The molecule has 23 heavy (non-hydrogen) atoms. The van der Waals surface area contributed by atoms with Gasteiger partial charge in [-0.05, 0) is 37.3 Å². The molecule has 0 spiro atoms. The van der Waals surface area contributed by atoms with Crippen molar-refractivity contribution in [3.8, 4) is 5.75 Å². The third kappa shape index (κ3) is 4.85. The summed E-state index contributed by atoms with van der Waals surface area (Å²) in [7, 11) is 1.60. The number of benzene rings is 2. The molecule has 5 nitrogen and oxygen atoms in total. The minimum absolute atomic E-state index is 0.0195. The molecule has 0 atom stereocenters. The Morgan fingerprint density at radius 1 is 1.04 bits per heavy atom. The predicted octanol–water partition coefficient (Wildman–Crippen LogP) is 2.63. The maximum Gasteiger partial charge on any atom is 0.239 e. The molecule has 0 heterocycles. The Balaban J connectivity index is 1.82. The number of hydrogen-bond donors (Lipinski definition) is 2. The highest BCUT2D eigenvalue weighted by Gasteiger charge is 2.05. The van der Waals surface area contributed by atoms with Crippen LogP contribution in [0.1, 0.15) is 22.8 Å². The van der Waals surface area contributed by atoms with Crippen LogP contribution in [0.15, 0.2) is 48.5 Å². The molecule has 2 aromatic rings. The molecule has 5 heteroatoms. The van der Waals surface area contributed by atoms with Crippen molar-refractivity contribution in [1.82, 2.24) is 5.32 Å². The summed E-state index contributed by atoms with van der Waals surface area (Å²) >= 11 is 0. The van der Waals surface area contributed by atoms with Gasteiger partial charge < -0.3 is 15.4 Å². The molecule has 2 rings (SSSR count). The number of carbonyl (C=O) groups excluding carboxylic acids is 2. The van der Waals surface area contributed by atoms with Crippen molar-refractivity contribution < 1.29 is 14.3 Å². The first-order valence-electron chi connectivity index (χ1n) is 7.33. The van der Waals surface area contributed by atoms with E-state index >= 15 is 0 Å². The van der Waals surface area contributed by atoms with Crippen LogP contribution in [-0.2, 0) is 11.3 Å². The van der Waals surface area contributed by atoms with Crippen LogP contribution >= 0.6 is 0 Å². The highest BCUT2D eigenvalue weighted by Crippen LogP contribution is 2.16. The van der Waals surface area contributed by atoms with Gasteiger partial charge in [0.2, 0.25) is 5.91 Å². The molecule has 0 aliphatic carbocycles. The second kappa shape index (κ2) is 7.98. The number of nitrogens with one attached hydrogen (secondary N) is 2. The van der Waals surface area contributed by atoms with Crippen molar-refractivity contribution >= 4 is 17.4 Å². The number of para-hydroxylation sites is 1. The first kappa shape index (κ1) is 16.5. The smallest absolute Gasteiger partial charge is 0.239 e. The van der Waals surface area contributed by atoms with Crippen LogP contribution < -0.4 is 15.4 Å². The third-order valence-corrected chi connectivity index (χ3v) is 3.41. The number of rotatable bonds is 7. The predicted molar refractivity (Wildman–Crippen MR) is 89.8 cm³/mol. The van der Waals surface area contributed by atoms with E-state index in [1.165, 1.54) is 6.92 Å². The Labute approximate surface area is 135 Å². The molecule has 0 aliphatic heterocycles. The summed E-state index contributed by atoms with van der Waals surface area (Å²) in [5, 5.41) is 5.86. The number of hydrogen-bond acceptors (Lipinski definition) is 4. The number of carbonyl (C=O) groups is 2. The van der Waals surface area contributed by atoms with E-state index in [0.717, 1.165) is 17.0 Å². The summed E-state index contributed by atoms with van der Waals surface area (Å²) in [4.78, 5) is 23.1. The van der Waals surface area contributed by atoms with Crippen LogP contribution in [0.25, 0.3) is 0 Å². The van der Waals surface area contributed by atoms with Gasteiger partial charge in [-0.25, -0.2) is 0 Å². The second-order valence-corrected chi connectivity index (χ2v) is 5.08. The molecule has 1 amide bonds. The van der Waals surface area contributed by atoms with Crippen LogP contribution in [0.5, 0.6) is 5.75 Å². The van der Waals surface area contributed by atoms with Crippen molar-refractivity contribution in [3.05, 3.63) is 59.7 Å². The minimum atomic E-state index is -0.119. The van der Waals surface area contributed by atoms with E-state index in [-0.39, 0.29) is 18.2 Å². The average molecular weight is 312 g/mol. The Morgan fingerprint density at radius 3 is 2.39 bits per heavy atom. The minimum Gasteiger partial charge on any atom is -0.496 e. The molecule has 2 N–H and O–H groups in total. The van der Waals surface area contributed by atoms with Crippen LogP contribution in [0, 0.1) is 0 Å². The van der Waals surface area contributed by atoms with E-state index in [4.69, 9.17) is 4.74 Å². The first-order chi connectivity index (χ1) is 11.1. The molecule has 0 aliphatic rings. The van der Waals surface area contributed by atoms with Gasteiger partial charge in [0.1, 0.15) is 5.75 Å². The van der Waals surface area contributed by atoms with Gasteiger partial charge in [-0.15, -0.1) is 0 Å². The lowest BCUT2D eigenvalue weighted by Gasteiger charge is -2.10. The van der Waals surface area contributed by atoms with Gasteiger partial charge in [0.05, 0.1) is 13.7 Å². The van der Waals surface area contributed by atoms with E-state index in [1.54, 1.807) is 31.4 Å². The molecule has 0 saturated heterocycles. The van der Waals surface area contributed by atoms with Gasteiger partial charge in [-0.2, -0.15) is 0 Å². The Morgan fingerprint density at radius 2 is 1.74 bits per heavy atom. The Hall–Kier alpha value is -2.82. The molecule has 0 aromatic heterocycles. The summed E-state index contributed by atoms with van der Waals surface area (Å²) in [5.74, 6) is 0.651. The molecule has 0 unspecified atom stereocenters. The van der Waals surface area contributed by atoms with Crippen LogP contribution in [0.4, 0.5) is 5.69 Å². The zero-order valence-corrected chi connectivity index (χ0v) is 13.3. The molecule has 0 bridgehead atoms. The van der Waals surface area contributed by atoms with Crippen molar-refractivity contribution in [2.75, 3.05) is 19.0 Å². The van der Waals surface area contributed by atoms with Crippen LogP contribution in [0.2, 0.25) is 0 Å². The van der Waals surface area contributed by atoms with E-state index in [9.17, 15) is 9.59 Å². The van der Waals surface area contributed by atoms with Crippen molar-refractivity contribution in [1.29, 1.82) is 0 Å². The summed E-state index contributed by atoms with van der Waals surface area (Å²) in [6, 6.07) is 14.6. The maximum absolute atomic E-state index is 11.9. The average Bonchev–Trinajstić information content (AvgIpc) is 2.58. The van der Waals surface area contributed by atoms with E-state index < -0.39 is 0 Å². The lowest BCUT2D eigenvalue weighted by molar-refractivity contribution is -0.119. The highest BCUT2D eigenvalue weighted by atomic mass is 16.5. The largest absolute Gasteiger partial charge is 0.496 e. The lowest BCUT2D eigenvalue weighted by Crippen LogP contribution is -2.29. The van der Waals surface area contributed by atoms with E-state index in [1.807, 2.05) is 24.3 Å². The van der Waals surface area contributed by atoms with Crippen LogP contribution in [-0.4, -0.2) is 25.3 Å². The molecule has 0 saturated carbocycles. The van der Waals surface area contributed by atoms with Crippen molar-refractivity contribution in [3.63, 3.8) is 0 Å².